The first-order valence-electron chi connectivity index (χ1n) is 6.36. The minimum atomic E-state index is 0.0902. The zero-order valence-electron chi connectivity index (χ0n) is 11.7. The minimum Gasteiger partial charge on any atom is -0.345 e. The second-order valence-corrected chi connectivity index (χ2v) is 4.76. The molecule has 0 aliphatic heterocycles. The predicted molar refractivity (Wildman–Crippen MR) is 69.9 cm³/mol. The summed E-state index contributed by atoms with van der Waals surface area (Å²) in [7, 11) is 1.80. The Bertz CT molecular complexity index is 374. The van der Waals surface area contributed by atoms with Crippen LogP contribution in [0.4, 0.5) is 0 Å². The second kappa shape index (κ2) is 7.10. The van der Waals surface area contributed by atoms with E-state index in [1.165, 1.54) is 0 Å². The molecule has 0 aliphatic rings. The molecule has 1 amide bonds. The SMILES string of the molecule is CCN(C)C(=O)CNCc1ncnn1CC(C)C. The average molecular weight is 253 g/mol. The lowest BCUT2D eigenvalue weighted by molar-refractivity contribution is -0.128. The van der Waals surface area contributed by atoms with E-state index in [4.69, 9.17) is 0 Å². The lowest BCUT2D eigenvalue weighted by Crippen LogP contribution is -2.35. The number of carbonyl (C=O) groups is 1. The normalized spacial score (nSPS) is 10.9. The molecule has 1 heterocycles. The summed E-state index contributed by atoms with van der Waals surface area (Å²) in [5.74, 6) is 1.49. The van der Waals surface area contributed by atoms with Gasteiger partial charge in [-0.15, -0.1) is 0 Å². The number of hydrogen-bond acceptors (Lipinski definition) is 4. The van der Waals surface area contributed by atoms with Crippen LogP contribution in [0, 0.1) is 5.92 Å². The largest absolute Gasteiger partial charge is 0.345 e. The summed E-state index contributed by atoms with van der Waals surface area (Å²) in [5, 5.41) is 7.28. The maximum Gasteiger partial charge on any atom is 0.236 e. The first-order chi connectivity index (χ1) is 8.54. The van der Waals surface area contributed by atoms with Gasteiger partial charge in [0.25, 0.3) is 0 Å². The van der Waals surface area contributed by atoms with Gasteiger partial charge in [0.1, 0.15) is 12.2 Å². The van der Waals surface area contributed by atoms with Crippen LogP contribution >= 0.6 is 0 Å². The van der Waals surface area contributed by atoms with E-state index in [-0.39, 0.29) is 5.91 Å². The molecule has 0 spiro atoms. The highest BCUT2D eigenvalue weighted by Crippen LogP contribution is 2.00. The highest BCUT2D eigenvalue weighted by molar-refractivity contribution is 5.77. The third kappa shape index (κ3) is 4.44. The molecule has 0 bridgehead atoms. The summed E-state index contributed by atoms with van der Waals surface area (Å²) < 4.78 is 1.88. The second-order valence-electron chi connectivity index (χ2n) is 4.76. The van der Waals surface area contributed by atoms with Gasteiger partial charge in [0.05, 0.1) is 13.1 Å². The zero-order valence-corrected chi connectivity index (χ0v) is 11.7. The molecule has 1 aromatic heterocycles. The fourth-order valence-electron chi connectivity index (χ4n) is 1.52. The number of hydrogen-bond donors (Lipinski definition) is 1. The molecule has 6 nitrogen and oxygen atoms in total. The van der Waals surface area contributed by atoms with E-state index in [9.17, 15) is 4.79 Å². The van der Waals surface area contributed by atoms with Crippen molar-refractivity contribution in [3.63, 3.8) is 0 Å². The minimum absolute atomic E-state index is 0.0902. The Hall–Kier alpha value is -1.43. The molecule has 18 heavy (non-hydrogen) atoms. The van der Waals surface area contributed by atoms with Gasteiger partial charge in [-0.05, 0) is 12.8 Å². The van der Waals surface area contributed by atoms with Crippen molar-refractivity contribution in [3.8, 4) is 0 Å². The van der Waals surface area contributed by atoms with E-state index >= 15 is 0 Å². The quantitative estimate of drug-likeness (QED) is 0.768. The van der Waals surface area contributed by atoms with Crippen LogP contribution in [-0.4, -0.2) is 45.7 Å². The van der Waals surface area contributed by atoms with Gasteiger partial charge in [0.15, 0.2) is 0 Å². The molecule has 0 aliphatic carbocycles. The third-order valence-corrected chi connectivity index (χ3v) is 2.69. The summed E-state index contributed by atoms with van der Waals surface area (Å²) in [4.78, 5) is 17.5. The summed E-state index contributed by atoms with van der Waals surface area (Å²) in [6.07, 6.45) is 1.55. The monoisotopic (exact) mass is 253 g/mol. The van der Waals surface area contributed by atoms with Gasteiger partial charge in [-0.3, -0.25) is 4.79 Å². The van der Waals surface area contributed by atoms with E-state index in [1.807, 2.05) is 11.6 Å². The van der Waals surface area contributed by atoms with Gasteiger partial charge >= 0.3 is 0 Å². The van der Waals surface area contributed by atoms with Crippen molar-refractivity contribution >= 4 is 5.91 Å². The van der Waals surface area contributed by atoms with Gasteiger partial charge in [-0.25, -0.2) is 9.67 Å². The Morgan fingerprint density at radius 1 is 1.56 bits per heavy atom. The standard InChI is InChI=1S/C12H23N5O/c1-5-16(4)12(18)7-13-6-11-14-9-15-17(11)8-10(2)3/h9-10,13H,5-8H2,1-4H3. The molecule has 0 saturated heterocycles. The van der Waals surface area contributed by atoms with Crippen LogP contribution in [0.5, 0.6) is 0 Å². The highest BCUT2D eigenvalue weighted by atomic mass is 16.2. The van der Waals surface area contributed by atoms with Crippen LogP contribution in [-0.2, 0) is 17.9 Å². The smallest absolute Gasteiger partial charge is 0.236 e. The zero-order chi connectivity index (χ0) is 13.5. The van der Waals surface area contributed by atoms with Crippen LogP contribution in [0.15, 0.2) is 6.33 Å². The molecule has 0 fully saturated rings. The Kier molecular flexibility index (Phi) is 5.77. The number of nitrogens with zero attached hydrogens (tertiary/aromatic N) is 4. The molecule has 1 rings (SSSR count). The number of amides is 1. The van der Waals surface area contributed by atoms with Crippen molar-refractivity contribution in [1.29, 1.82) is 0 Å². The van der Waals surface area contributed by atoms with Gasteiger partial charge in [-0.2, -0.15) is 5.10 Å². The Morgan fingerprint density at radius 3 is 2.89 bits per heavy atom. The van der Waals surface area contributed by atoms with Crippen LogP contribution in [0.3, 0.4) is 0 Å². The maximum atomic E-state index is 11.6. The summed E-state index contributed by atoms with van der Waals surface area (Å²) in [5.41, 5.74) is 0. The molecule has 0 aromatic carbocycles. The molecule has 102 valence electrons. The highest BCUT2D eigenvalue weighted by Gasteiger charge is 2.08. The molecule has 0 radical (unpaired) electrons. The van der Waals surface area contributed by atoms with Crippen LogP contribution in [0.1, 0.15) is 26.6 Å². The van der Waals surface area contributed by atoms with Crippen LogP contribution in [0.25, 0.3) is 0 Å². The van der Waals surface area contributed by atoms with E-state index < -0.39 is 0 Å². The lowest BCUT2D eigenvalue weighted by atomic mass is 10.2. The van der Waals surface area contributed by atoms with Gasteiger partial charge in [-0.1, -0.05) is 13.8 Å². The number of carbonyl (C=O) groups excluding carboxylic acids is 1. The lowest BCUT2D eigenvalue weighted by Gasteiger charge is -2.15. The summed E-state index contributed by atoms with van der Waals surface area (Å²) >= 11 is 0. The molecule has 0 unspecified atom stereocenters. The van der Waals surface area contributed by atoms with Crippen LogP contribution < -0.4 is 5.32 Å². The predicted octanol–water partition coefficient (Wildman–Crippen LogP) is 0.502. The van der Waals surface area contributed by atoms with Crippen molar-refractivity contribution < 1.29 is 4.79 Å². The molecule has 1 aromatic rings. The Balaban J connectivity index is 2.40. The number of likely N-dealkylation sites (N-methyl/N-ethyl adjacent to an activating group) is 1. The van der Waals surface area contributed by atoms with Crippen molar-refractivity contribution in [3.05, 3.63) is 12.2 Å². The van der Waals surface area contributed by atoms with Crippen molar-refractivity contribution in [2.45, 2.75) is 33.9 Å². The number of rotatable bonds is 7. The third-order valence-electron chi connectivity index (χ3n) is 2.69. The van der Waals surface area contributed by atoms with E-state index in [0.717, 1.165) is 18.9 Å². The fourth-order valence-corrected chi connectivity index (χ4v) is 1.52. The summed E-state index contributed by atoms with van der Waals surface area (Å²) in [6.45, 7) is 8.70. The van der Waals surface area contributed by atoms with E-state index in [2.05, 4.69) is 29.2 Å². The van der Waals surface area contributed by atoms with Crippen molar-refractivity contribution in [2.24, 2.45) is 5.92 Å². The maximum absolute atomic E-state index is 11.6. The topological polar surface area (TPSA) is 63.1 Å². The molecular weight excluding hydrogens is 230 g/mol. The Morgan fingerprint density at radius 2 is 2.28 bits per heavy atom. The van der Waals surface area contributed by atoms with Crippen molar-refractivity contribution in [2.75, 3.05) is 20.1 Å². The first kappa shape index (κ1) is 14.6. The Labute approximate surface area is 108 Å². The van der Waals surface area contributed by atoms with Gasteiger partial charge < -0.3 is 10.2 Å². The van der Waals surface area contributed by atoms with Gasteiger partial charge in [0, 0.05) is 20.1 Å². The summed E-state index contributed by atoms with van der Waals surface area (Å²) in [6, 6.07) is 0. The average Bonchev–Trinajstić information content (AvgIpc) is 2.74. The molecule has 0 atom stereocenters. The van der Waals surface area contributed by atoms with Crippen molar-refractivity contribution in [1.82, 2.24) is 25.0 Å². The first-order valence-corrected chi connectivity index (χ1v) is 6.36. The fraction of sp³-hybridized carbons (Fsp3) is 0.750. The van der Waals surface area contributed by atoms with Gasteiger partial charge in [0.2, 0.25) is 5.91 Å². The van der Waals surface area contributed by atoms with E-state index in [0.29, 0.717) is 19.0 Å². The molecule has 1 N–H and O–H groups in total. The molecular formula is C12H23N5O. The van der Waals surface area contributed by atoms with Crippen LogP contribution in [0.2, 0.25) is 0 Å². The number of nitrogens with one attached hydrogen (secondary N) is 1. The van der Waals surface area contributed by atoms with E-state index in [1.54, 1.807) is 18.3 Å². The molecule has 0 saturated carbocycles. The number of aromatic nitrogens is 3. The molecule has 6 heteroatoms.